The van der Waals surface area contributed by atoms with Crippen LogP contribution in [0.1, 0.15) is 88.3 Å². The van der Waals surface area contributed by atoms with Crippen LogP contribution in [0.5, 0.6) is 0 Å². The number of anilines is 2. The summed E-state index contributed by atoms with van der Waals surface area (Å²) in [5.41, 5.74) is 12.5. The molecule has 204 valence electrons. The molecular weight excluding hydrogens is 476 g/mol. The normalized spacial score (nSPS) is 24.6. The zero-order valence-electron chi connectivity index (χ0n) is 22.3. The zero-order valence-corrected chi connectivity index (χ0v) is 22.3. The molecule has 6 rings (SSSR count). The molecule has 3 heterocycles. The Hall–Kier alpha value is -2.75. The van der Waals surface area contributed by atoms with Gasteiger partial charge in [0, 0.05) is 31.2 Å². The molecule has 3 aromatic rings. The summed E-state index contributed by atoms with van der Waals surface area (Å²) in [5.74, 6) is 1.97. The summed E-state index contributed by atoms with van der Waals surface area (Å²) in [6.45, 7) is 1.81. The van der Waals surface area contributed by atoms with E-state index < -0.39 is 6.10 Å². The SMILES string of the molecule is NC1CCC(Nc2nc(NN3CCC(CC(O)c4ccccc4)CC3)c3ncn(C4CCCC4)c3n2)CC1. The van der Waals surface area contributed by atoms with Crippen molar-refractivity contribution >= 4 is 22.9 Å². The monoisotopic (exact) mass is 518 g/mol. The molecule has 0 radical (unpaired) electrons. The summed E-state index contributed by atoms with van der Waals surface area (Å²) in [5, 5.41) is 16.6. The molecule has 2 aromatic heterocycles. The number of aliphatic hydroxyl groups is 1. The standard InChI is InChI=1S/C29H42N8O/c30-22-10-12-23(13-11-22)32-29-33-27(26-28(34-29)37(19-31-26)24-8-4-5-9-24)35-36-16-14-20(15-17-36)18-25(38)21-6-2-1-3-7-21/h1-3,6-7,19-20,22-25,38H,4-5,8-18,30H2,(H2,32,33,34,35). The Morgan fingerprint density at radius 1 is 0.947 bits per heavy atom. The second-order valence-corrected chi connectivity index (χ2v) is 11.6. The predicted molar refractivity (Wildman–Crippen MR) is 151 cm³/mol. The Labute approximate surface area is 225 Å². The second kappa shape index (κ2) is 11.6. The first-order valence-corrected chi connectivity index (χ1v) is 14.6. The van der Waals surface area contributed by atoms with Crippen LogP contribution >= 0.6 is 0 Å². The summed E-state index contributed by atoms with van der Waals surface area (Å²) in [4.78, 5) is 14.7. The van der Waals surface area contributed by atoms with Crippen molar-refractivity contribution in [3.63, 3.8) is 0 Å². The molecule has 0 bridgehead atoms. The third-order valence-electron chi connectivity index (χ3n) is 8.86. The molecule has 1 atom stereocenters. The van der Waals surface area contributed by atoms with Gasteiger partial charge in [-0.1, -0.05) is 43.2 Å². The molecule has 0 amide bonds. The van der Waals surface area contributed by atoms with Gasteiger partial charge in [-0.15, -0.1) is 0 Å². The number of hydrogen-bond acceptors (Lipinski definition) is 8. The second-order valence-electron chi connectivity index (χ2n) is 11.6. The number of nitrogens with zero attached hydrogens (tertiary/aromatic N) is 5. The lowest BCUT2D eigenvalue weighted by Gasteiger charge is -2.33. The fraction of sp³-hybridized carbons (Fsp3) is 0.621. The number of rotatable bonds is 8. The van der Waals surface area contributed by atoms with Crippen LogP contribution in [0, 0.1) is 5.92 Å². The van der Waals surface area contributed by atoms with Crippen LogP contribution in [0.4, 0.5) is 11.8 Å². The van der Waals surface area contributed by atoms with Gasteiger partial charge in [0.1, 0.15) is 0 Å². The minimum atomic E-state index is -0.398. The van der Waals surface area contributed by atoms with Crippen molar-refractivity contribution in [3.05, 3.63) is 42.2 Å². The lowest BCUT2D eigenvalue weighted by molar-refractivity contribution is 0.115. The first-order chi connectivity index (χ1) is 18.6. The van der Waals surface area contributed by atoms with Crippen molar-refractivity contribution in [1.29, 1.82) is 0 Å². The van der Waals surface area contributed by atoms with Crippen molar-refractivity contribution in [1.82, 2.24) is 24.5 Å². The number of hydrazine groups is 1. The van der Waals surface area contributed by atoms with E-state index in [1.807, 2.05) is 36.7 Å². The van der Waals surface area contributed by atoms with Gasteiger partial charge < -0.3 is 26.1 Å². The van der Waals surface area contributed by atoms with E-state index in [9.17, 15) is 5.11 Å². The van der Waals surface area contributed by atoms with Crippen LogP contribution in [-0.4, -0.2) is 54.8 Å². The Kier molecular flexibility index (Phi) is 7.76. The lowest BCUT2D eigenvalue weighted by atomic mass is 9.89. The molecule has 2 aliphatic carbocycles. The summed E-state index contributed by atoms with van der Waals surface area (Å²) in [6, 6.07) is 11.1. The first-order valence-electron chi connectivity index (χ1n) is 14.6. The quantitative estimate of drug-likeness (QED) is 0.336. The van der Waals surface area contributed by atoms with Gasteiger partial charge in [0.05, 0.1) is 12.4 Å². The minimum absolute atomic E-state index is 0.314. The maximum absolute atomic E-state index is 10.7. The average molecular weight is 519 g/mol. The zero-order chi connectivity index (χ0) is 25.9. The molecule has 3 fully saturated rings. The van der Waals surface area contributed by atoms with Gasteiger partial charge in [-0.2, -0.15) is 9.97 Å². The van der Waals surface area contributed by atoms with Crippen LogP contribution in [0.2, 0.25) is 0 Å². The van der Waals surface area contributed by atoms with Gasteiger partial charge in [-0.3, -0.25) is 0 Å². The molecule has 5 N–H and O–H groups in total. The van der Waals surface area contributed by atoms with E-state index in [0.29, 0.717) is 30.0 Å². The fourth-order valence-electron chi connectivity index (χ4n) is 6.51. The number of fused-ring (bicyclic) bond motifs is 1. The molecule has 1 unspecified atom stereocenters. The van der Waals surface area contributed by atoms with Gasteiger partial charge in [0.25, 0.3) is 0 Å². The van der Waals surface area contributed by atoms with E-state index in [2.05, 4.69) is 20.3 Å². The van der Waals surface area contributed by atoms with E-state index in [1.54, 1.807) is 0 Å². The molecule has 2 saturated carbocycles. The van der Waals surface area contributed by atoms with Gasteiger partial charge in [-0.25, -0.2) is 9.99 Å². The topological polar surface area (TPSA) is 117 Å². The molecule has 3 aliphatic rings. The summed E-state index contributed by atoms with van der Waals surface area (Å²) >= 11 is 0. The van der Waals surface area contributed by atoms with Crippen molar-refractivity contribution in [2.75, 3.05) is 23.8 Å². The maximum atomic E-state index is 10.7. The third kappa shape index (κ3) is 5.80. The van der Waals surface area contributed by atoms with E-state index in [-0.39, 0.29) is 0 Å². The van der Waals surface area contributed by atoms with Crippen LogP contribution in [0.3, 0.4) is 0 Å². The number of aromatic nitrogens is 4. The van der Waals surface area contributed by atoms with Crippen molar-refractivity contribution in [3.8, 4) is 0 Å². The van der Waals surface area contributed by atoms with E-state index >= 15 is 0 Å². The molecule has 38 heavy (non-hydrogen) atoms. The van der Waals surface area contributed by atoms with Crippen LogP contribution in [0.15, 0.2) is 36.7 Å². The molecule has 0 spiro atoms. The largest absolute Gasteiger partial charge is 0.388 e. The number of nitrogens with one attached hydrogen (secondary N) is 2. The number of benzene rings is 1. The van der Waals surface area contributed by atoms with Gasteiger partial charge in [-0.05, 0) is 69.3 Å². The van der Waals surface area contributed by atoms with Gasteiger partial charge in [0.2, 0.25) is 5.95 Å². The number of hydrogen-bond donors (Lipinski definition) is 4. The highest BCUT2D eigenvalue weighted by molar-refractivity contribution is 5.84. The number of imidazole rings is 1. The van der Waals surface area contributed by atoms with Gasteiger partial charge in [0.15, 0.2) is 17.0 Å². The summed E-state index contributed by atoms with van der Waals surface area (Å²) < 4.78 is 2.27. The Morgan fingerprint density at radius 3 is 2.42 bits per heavy atom. The average Bonchev–Trinajstić information content (AvgIpc) is 3.62. The molecule has 9 heteroatoms. The number of nitrogens with two attached hydrogens (primary N) is 1. The minimum Gasteiger partial charge on any atom is -0.388 e. The third-order valence-corrected chi connectivity index (χ3v) is 8.86. The summed E-state index contributed by atoms with van der Waals surface area (Å²) in [6.07, 6.45) is 13.5. The highest BCUT2D eigenvalue weighted by Gasteiger charge is 2.26. The summed E-state index contributed by atoms with van der Waals surface area (Å²) in [7, 11) is 0. The Balaban J connectivity index is 1.16. The lowest BCUT2D eigenvalue weighted by Crippen LogP contribution is -2.38. The number of piperidine rings is 1. The van der Waals surface area contributed by atoms with Crippen molar-refractivity contribution < 1.29 is 5.11 Å². The van der Waals surface area contributed by atoms with Crippen molar-refractivity contribution in [2.24, 2.45) is 11.7 Å². The maximum Gasteiger partial charge on any atom is 0.227 e. The molecular formula is C29H42N8O. The smallest absolute Gasteiger partial charge is 0.227 e. The fourth-order valence-corrected chi connectivity index (χ4v) is 6.51. The van der Waals surface area contributed by atoms with Crippen molar-refractivity contribution in [2.45, 2.75) is 94.9 Å². The molecule has 1 saturated heterocycles. The number of aliphatic hydroxyl groups excluding tert-OH is 1. The van der Waals surface area contributed by atoms with E-state index in [4.69, 9.17) is 20.7 Å². The predicted octanol–water partition coefficient (Wildman–Crippen LogP) is 4.79. The molecule has 9 nitrogen and oxygen atoms in total. The Morgan fingerprint density at radius 2 is 1.68 bits per heavy atom. The van der Waals surface area contributed by atoms with Crippen LogP contribution in [-0.2, 0) is 0 Å². The highest BCUT2D eigenvalue weighted by Crippen LogP contribution is 2.34. The molecule has 1 aromatic carbocycles. The highest BCUT2D eigenvalue weighted by atomic mass is 16.3. The first kappa shape index (κ1) is 25.5. The van der Waals surface area contributed by atoms with Crippen LogP contribution < -0.4 is 16.5 Å². The Bertz CT molecular complexity index is 1180. The molecule has 1 aliphatic heterocycles. The van der Waals surface area contributed by atoms with E-state index in [1.165, 1.54) is 25.7 Å². The van der Waals surface area contributed by atoms with E-state index in [0.717, 1.165) is 80.6 Å². The van der Waals surface area contributed by atoms with Crippen LogP contribution in [0.25, 0.3) is 11.2 Å². The van der Waals surface area contributed by atoms with Gasteiger partial charge >= 0.3 is 0 Å².